The molecule has 3 amide bonds. The fraction of sp³-hybridized carbons (Fsp3) is 0.391. The van der Waals surface area contributed by atoms with Gasteiger partial charge in [-0.3, -0.25) is 24.2 Å². The van der Waals surface area contributed by atoms with E-state index in [1.54, 1.807) is 31.2 Å². The number of halogens is 1. The smallest absolute Gasteiger partial charge is 0.341 e. The van der Waals surface area contributed by atoms with Crippen molar-refractivity contribution in [1.82, 2.24) is 4.90 Å². The summed E-state index contributed by atoms with van der Waals surface area (Å²) in [5.74, 6) is -1.27. The summed E-state index contributed by atoms with van der Waals surface area (Å²) in [7, 11) is 0. The molecular formula is C23H26ClN3O5S. The van der Waals surface area contributed by atoms with Crippen molar-refractivity contribution in [3.8, 4) is 0 Å². The van der Waals surface area contributed by atoms with Crippen LogP contribution in [0.15, 0.2) is 24.3 Å². The number of hydrogen-bond acceptors (Lipinski definition) is 7. The summed E-state index contributed by atoms with van der Waals surface area (Å²) in [6.45, 7) is 6.63. The van der Waals surface area contributed by atoms with Crippen LogP contribution in [0.5, 0.6) is 0 Å². The van der Waals surface area contributed by atoms with Gasteiger partial charge in [-0.25, -0.2) is 4.79 Å². The van der Waals surface area contributed by atoms with Gasteiger partial charge in [0.05, 0.1) is 17.9 Å². The van der Waals surface area contributed by atoms with Gasteiger partial charge < -0.3 is 10.1 Å². The molecule has 1 saturated heterocycles. The number of thiophene rings is 1. The van der Waals surface area contributed by atoms with Gasteiger partial charge in [-0.05, 0) is 49.7 Å². The predicted octanol–water partition coefficient (Wildman–Crippen LogP) is 3.63. The summed E-state index contributed by atoms with van der Waals surface area (Å²) in [6.07, 6.45) is 1.14. The first kappa shape index (κ1) is 24.9. The molecule has 0 aliphatic carbocycles. The van der Waals surface area contributed by atoms with Crippen molar-refractivity contribution in [2.24, 2.45) is 0 Å². The number of fused-ring (bicyclic) bond motifs is 1. The van der Waals surface area contributed by atoms with Crippen molar-refractivity contribution >= 4 is 58.1 Å². The second kappa shape index (κ2) is 10.5. The van der Waals surface area contributed by atoms with Crippen molar-refractivity contribution in [2.75, 3.05) is 29.9 Å². The number of rotatable bonds is 6. The van der Waals surface area contributed by atoms with Crippen LogP contribution in [0.3, 0.4) is 0 Å². The molecule has 33 heavy (non-hydrogen) atoms. The highest BCUT2D eigenvalue weighted by molar-refractivity contribution is 7.17. The Balaban J connectivity index is 0.00000306. The molecule has 1 fully saturated rings. The molecule has 0 saturated carbocycles. The van der Waals surface area contributed by atoms with Crippen molar-refractivity contribution in [3.05, 3.63) is 45.8 Å². The fourth-order valence-electron chi connectivity index (χ4n) is 4.04. The van der Waals surface area contributed by atoms with E-state index in [4.69, 9.17) is 4.74 Å². The second-order valence-corrected chi connectivity index (χ2v) is 8.78. The van der Waals surface area contributed by atoms with Gasteiger partial charge in [0.15, 0.2) is 0 Å². The van der Waals surface area contributed by atoms with Crippen molar-refractivity contribution < 1.29 is 23.9 Å². The van der Waals surface area contributed by atoms with Crippen LogP contribution in [-0.4, -0.2) is 48.3 Å². The van der Waals surface area contributed by atoms with Gasteiger partial charge in [0, 0.05) is 36.4 Å². The monoisotopic (exact) mass is 491 g/mol. The van der Waals surface area contributed by atoms with Crippen LogP contribution < -0.4 is 10.2 Å². The Morgan fingerprint density at radius 1 is 1.06 bits per heavy atom. The summed E-state index contributed by atoms with van der Waals surface area (Å²) in [4.78, 5) is 53.9. The summed E-state index contributed by atoms with van der Waals surface area (Å²) in [5, 5.41) is 3.37. The molecule has 8 nitrogen and oxygen atoms in total. The van der Waals surface area contributed by atoms with Crippen LogP contribution in [0.25, 0.3) is 0 Å². The van der Waals surface area contributed by atoms with E-state index >= 15 is 0 Å². The second-order valence-electron chi connectivity index (χ2n) is 7.67. The van der Waals surface area contributed by atoms with Gasteiger partial charge >= 0.3 is 5.97 Å². The Bertz CT molecular complexity index is 1070. The lowest BCUT2D eigenvalue weighted by Crippen LogP contribution is -2.30. The van der Waals surface area contributed by atoms with Crippen LogP contribution >= 0.6 is 23.7 Å². The van der Waals surface area contributed by atoms with Crippen LogP contribution in [0.1, 0.15) is 57.8 Å². The van der Waals surface area contributed by atoms with Crippen molar-refractivity contribution in [3.63, 3.8) is 0 Å². The van der Waals surface area contributed by atoms with Crippen LogP contribution in [-0.2, 0) is 27.3 Å². The topological polar surface area (TPSA) is 96.0 Å². The molecule has 2 aliphatic heterocycles. The van der Waals surface area contributed by atoms with Crippen LogP contribution in [0.2, 0.25) is 0 Å². The van der Waals surface area contributed by atoms with E-state index in [1.807, 2.05) is 0 Å². The maximum Gasteiger partial charge on any atom is 0.341 e. The zero-order chi connectivity index (χ0) is 22.8. The fourth-order valence-corrected chi connectivity index (χ4v) is 5.31. The highest BCUT2D eigenvalue weighted by Gasteiger charge is 2.31. The van der Waals surface area contributed by atoms with Crippen molar-refractivity contribution in [1.29, 1.82) is 0 Å². The zero-order valence-corrected chi connectivity index (χ0v) is 20.1. The van der Waals surface area contributed by atoms with Gasteiger partial charge in [0.1, 0.15) is 5.00 Å². The highest BCUT2D eigenvalue weighted by atomic mass is 35.5. The number of hydrogen-bond donors (Lipinski definition) is 1. The number of nitrogens with zero attached hydrogens (tertiary/aromatic N) is 2. The third-order valence-electron chi connectivity index (χ3n) is 5.73. The number of nitrogens with one attached hydrogen (secondary N) is 1. The van der Waals surface area contributed by atoms with Crippen LogP contribution in [0, 0.1) is 0 Å². The summed E-state index contributed by atoms with van der Waals surface area (Å²) < 4.78 is 5.26. The Morgan fingerprint density at radius 3 is 2.33 bits per heavy atom. The Hall–Kier alpha value is -2.75. The molecule has 2 aromatic rings. The number of anilines is 2. The Morgan fingerprint density at radius 2 is 1.73 bits per heavy atom. The molecule has 0 spiro atoms. The molecule has 4 rings (SSSR count). The first-order chi connectivity index (χ1) is 15.4. The first-order valence-corrected chi connectivity index (χ1v) is 11.6. The molecule has 0 atom stereocenters. The van der Waals surface area contributed by atoms with Gasteiger partial charge in [0.25, 0.3) is 5.91 Å². The van der Waals surface area contributed by atoms with Gasteiger partial charge in [-0.1, -0.05) is 6.92 Å². The first-order valence-electron chi connectivity index (χ1n) is 10.7. The summed E-state index contributed by atoms with van der Waals surface area (Å²) in [6, 6.07) is 6.31. The van der Waals surface area contributed by atoms with E-state index < -0.39 is 5.97 Å². The lowest BCUT2D eigenvalue weighted by molar-refractivity contribution is -0.121. The molecule has 1 aromatic carbocycles. The number of likely N-dealkylation sites (N-methyl/N-ethyl adjacent to an activating group) is 1. The standard InChI is InChI=1S/C23H25N3O5S.ClH/c1-3-25-12-11-16-17(13-25)32-22(20(16)23(30)31-4-2)24-21(29)14-5-7-15(8-6-14)26-18(27)9-10-19(26)28;/h5-8H,3-4,9-13H2,1-2H3,(H,24,29);1H. The average molecular weight is 492 g/mol. The highest BCUT2D eigenvalue weighted by Crippen LogP contribution is 2.38. The number of esters is 1. The number of imide groups is 1. The van der Waals surface area contributed by atoms with Gasteiger partial charge in [-0.15, -0.1) is 23.7 Å². The van der Waals surface area contributed by atoms with E-state index in [1.165, 1.54) is 11.3 Å². The molecule has 0 radical (unpaired) electrons. The normalized spacial score (nSPS) is 15.8. The molecule has 0 unspecified atom stereocenters. The van der Waals surface area contributed by atoms with E-state index in [0.717, 1.165) is 41.4 Å². The van der Waals surface area contributed by atoms with E-state index in [9.17, 15) is 19.2 Å². The molecule has 1 aromatic heterocycles. The van der Waals surface area contributed by atoms with Crippen LogP contribution in [0.4, 0.5) is 10.7 Å². The Labute approximate surface area is 202 Å². The average Bonchev–Trinajstić information content (AvgIpc) is 3.32. The lowest BCUT2D eigenvalue weighted by Gasteiger charge is -2.25. The number of ether oxygens (including phenoxy) is 1. The number of carbonyl (C=O) groups is 4. The summed E-state index contributed by atoms with van der Waals surface area (Å²) in [5.41, 5.74) is 2.22. The number of benzene rings is 1. The van der Waals surface area contributed by atoms with Crippen molar-refractivity contribution in [2.45, 2.75) is 39.7 Å². The van der Waals surface area contributed by atoms with Gasteiger partial charge in [-0.2, -0.15) is 0 Å². The minimum Gasteiger partial charge on any atom is -0.462 e. The molecule has 176 valence electrons. The largest absolute Gasteiger partial charge is 0.462 e. The zero-order valence-electron chi connectivity index (χ0n) is 18.5. The molecule has 10 heteroatoms. The molecule has 1 N–H and O–H groups in total. The molecular weight excluding hydrogens is 466 g/mol. The minimum absolute atomic E-state index is 0. The van der Waals surface area contributed by atoms with E-state index in [2.05, 4.69) is 17.1 Å². The number of amides is 3. The summed E-state index contributed by atoms with van der Waals surface area (Å²) >= 11 is 1.41. The minimum atomic E-state index is -0.424. The predicted molar refractivity (Wildman–Crippen MR) is 128 cm³/mol. The quantitative estimate of drug-likeness (QED) is 0.489. The SMILES string of the molecule is CCOC(=O)c1c(NC(=O)c2ccc(N3C(=O)CCC3=O)cc2)sc2c1CCN(CC)C2.Cl. The lowest BCUT2D eigenvalue weighted by atomic mass is 10.0. The molecule has 2 aliphatic rings. The maximum atomic E-state index is 12.9. The van der Waals surface area contributed by atoms with Gasteiger partial charge in [0.2, 0.25) is 11.8 Å². The van der Waals surface area contributed by atoms with E-state index in [-0.39, 0.29) is 49.6 Å². The third kappa shape index (κ3) is 4.95. The molecule has 0 bridgehead atoms. The number of carbonyl (C=O) groups excluding carboxylic acids is 4. The maximum absolute atomic E-state index is 12.9. The van der Waals surface area contributed by atoms with E-state index in [0.29, 0.717) is 21.8 Å². The molecule has 3 heterocycles. The third-order valence-corrected chi connectivity index (χ3v) is 6.86. The Kier molecular flexibility index (Phi) is 7.88.